The molecule has 1 fully saturated rings. The topological polar surface area (TPSA) is 71.2 Å². The second-order valence-electron chi connectivity index (χ2n) is 7.54. The highest BCUT2D eigenvalue weighted by molar-refractivity contribution is 5.81. The summed E-state index contributed by atoms with van der Waals surface area (Å²) >= 11 is 0. The summed E-state index contributed by atoms with van der Waals surface area (Å²) in [7, 11) is 3.27. The predicted octanol–water partition coefficient (Wildman–Crippen LogP) is 3.59. The third-order valence-electron chi connectivity index (χ3n) is 5.36. The molecule has 0 amide bonds. The zero-order valence-electron chi connectivity index (χ0n) is 17.0. The number of ether oxygens (including phenoxy) is 1. The summed E-state index contributed by atoms with van der Waals surface area (Å²) in [6.45, 7) is 3.75. The molecule has 0 bridgehead atoms. The maximum absolute atomic E-state index is 14.4. The Balaban J connectivity index is 1.96. The Morgan fingerprint density at radius 1 is 1.17 bits per heavy atom. The average Bonchev–Trinajstić information content (AvgIpc) is 2.73. The summed E-state index contributed by atoms with van der Waals surface area (Å²) in [5.41, 5.74) is 1.61. The number of benzene rings is 2. The Labute approximate surface area is 173 Å². The van der Waals surface area contributed by atoms with E-state index < -0.39 is 5.82 Å². The fourth-order valence-electron chi connectivity index (χ4n) is 3.72. The molecule has 7 heteroatoms. The molecule has 1 aliphatic heterocycles. The molecule has 4 rings (SSSR count). The molecule has 152 valence electrons. The molecule has 3 aromatic rings. The maximum atomic E-state index is 14.4. The molecule has 1 aromatic heterocycles. The van der Waals surface area contributed by atoms with E-state index in [4.69, 9.17) is 15.0 Å². The molecule has 1 aliphatic rings. The van der Waals surface area contributed by atoms with Gasteiger partial charge in [0.25, 0.3) is 5.56 Å². The van der Waals surface area contributed by atoms with Gasteiger partial charge in [-0.05, 0) is 35.7 Å². The number of nitrogens with zero attached hydrogens (tertiary/aromatic N) is 4. The Bertz CT molecular complexity index is 1210. The van der Waals surface area contributed by atoms with Gasteiger partial charge in [0.2, 0.25) is 5.95 Å². The fraction of sp³-hybridized carbons (Fsp3) is 0.261. The highest BCUT2D eigenvalue weighted by Gasteiger charge is 2.28. The summed E-state index contributed by atoms with van der Waals surface area (Å²) in [4.78, 5) is 20.2. The lowest BCUT2D eigenvalue weighted by molar-refractivity contribution is 0.415. The van der Waals surface area contributed by atoms with Gasteiger partial charge >= 0.3 is 0 Å². The van der Waals surface area contributed by atoms with E-state index in [1.807, 2.05) is 11.0 Å². The van der Waals surface area contributed by atoms with Crippen molar-refractivity contribution >= 4 is 5.95 Å². The first-order chi connectivity index (χ1) is 14.4. The lowest BCUT2D eigenvalue weighted by Crippen LogP contribution is -2.48. The molecule has 0 spiro atoms. The Hall–Kier alpha value is -3.66. The fourth-order valence-corrected chi connectivity index (χ4v) is 3.72. The third-order valence-corrected chi connectivity index (χ3v) is 5.36. The zero-order chi connectivity index (χ0) is 21.4. The number of aromatic nitrogens is 2. The molecule has 2 aromatic carbocycles. The van der Waals surface area contributed by atoms with Crippen molar-refractivity contribution in [2.75, 3.05) is 25.1 Å². The summed E-state index contributed by atoms with van der Waals surface area (Å²) in [6, 6.07) is 13.2. The van der Waals surface area contributed by atoms with Gasteiger partial charge in [-0.3, -0.25) is 9.36 Å². The van der Waals surface area contributed by atoms with Crippen LogP contribution >= 0.6 is 0 Å². The monoisotopic (exact) mass is 404 g/mol. The van der Waals surface area contributed by atoms with Crippen LogP contribution in [0.1, 0.15) is 12.5 Å². The van der Waals surface area contributed by atoms with Gasteiger partial charge in [0, 0.05) is 25.7 Å². The van der Waals surface area contributed by atoms with Crippen LogP contribution in [0.4, 0.5) is 10.3 Å². The van der Waals surface area contributed by atoms with Crippen LogP contribution in [0.25, 0.3) is 22.4 Å². The van der Waals surface area contributed by atoms with Gasteiger partial charge in [0.1, 0.15) is 17.6 Å². The minimum Gasteiger partial charge on any atom is -0.497 e. The second-order valence-corrected chi connectivity index (χ2v) is 7.54. The van der Waals surface area contributed by atoms with Crippen LogP contribution in [-0.2, 0) is 7.05 Å². The molecule has 0 atom stereocenters. The normalized spacial score (nSPS) is 13.6. The SMILES string of the molecule is COc1ccc(-c2c(-c3ccc(C#N)c(F)c3)nc(N3CC(C)C3)n(C)c2=O)cc1. The van der Waals surface area contributed by atoms with Crippen LogP contribution < -0.4 is 15.2 Å². The van der Waals surface area contributed by atoms with Crippen LogP contribution in [0.3, 0.4) is 0 Å². The van der Waals surface area contributed by atoms with Crippen LogP contribution in [0.2, 0.25) is 0 Å². The quantitative estimate of drug-likeness (QED) is 0.665. The number of anilines is 1. The van der Waals surface area contributed by atoms with Gasteiger partial charge in [-0.1, -0.05) is 25.1 Å². The minimum absolute atomic E-state index is 0.0506. The van der Waals surface area contributed by atoms with E-state index in [9.17, 15) is 9.18 Å². The van der Waals surface area contributed by atoms with Crippen LogP contribution in [0.15, 0.2) is 47.3 Å². The zero-order valence-corrected chi connectivity index (χ0v) is 17.0. The van der Waals surface area contributed by atoms with Crippen molar-refractivity contribution in [3.8, 4) is 34.2 Å². The minimum atomic E-state index is -0.641. The van der Waals surface area contributed by atoms with E-state index in [0.717, 1.165) is 13.1 Å². The Kier molecular flexibility index (Phi) is 5.00. The number of hydrogen-bond acceptors (Lipinski definition) is 5. The number of rotatable bonds is 4. The van der Waals surface area contributed by atoms with Gasteiger partial charge < -0.3 is 9.64 Å². The molecule has 0 unspecified atom stereocenters. The van der Waals surface area contributed by atoms with Crippen molar-refractivity contribution in [1.29, 1.82) is 5.26 Å². The molecule has 6 nitrogen and oxygen atoms in total. The summed E-state index contributed by atoms with van der Waals surface area (Å²) < 4.78 is 21.1. The van der Waals surface area contributed by atoms with Crippen molar-refractivity contribution in [2.45, 2.75) is 6.92 Å². The molecule has 0 aliphatic carbocycles. The number of nitriles is 1. The van der Waals surface area contributed by atoms with Crippen molar-refractivity contribution in [3.63, 3.8) is 0 Å². The standard InChI is InChI=1S/C23H21FN4O2/c1-14-12-28(13-14)23-26-21(16-4-5-17(11-25)19(24)10-16)20(22(29)27(23)2)15-6-8-18(30-3)9-7-15/h4-10,14H,12-13H2,1-3H3. The highest BCUT2D eigenvalue weighted by atomic mass is 19.1. The van der Waals surface area contributed by atoms with E-state index >= 15 is 0 Å². The number of methoxy groups -OCH3 is 1. The Morgan fingerprint density at radius 3 is 2.40 bits per heavy atom. The summed E-state index contributed by atoms with van der Waals surface area (Å²) in [5, 5.41) is 9.05. The summed E-state index contributed by atoms with van der Waals surface area (Å²) in [5.74, 6) is 1.10. The summed E-state index contributed by atoms with van der Waals surface area (Å²) in [6.07, 6.45) is 0. The Morgan fingerprint density at radius 2 is 1.83 bits per heavy atom. The van der Waals surface area contributed by atoms with Crippen molar-refractivity contribution in [3.05, 3.63) is 64.2 Å². The van der Waals surface area contributed by atoms with E-state index in [0.29, 0.717) is 40.0 Å². The van der Waals surface area contributed by atoms with Crippen LogP contribution in [0, 0.1) is 23.1 Å². The van der Waals surface area contributed by atoms with Crippen molar-refractivity contribution in [1.82, 2.24) is 9.55 Å². The molecule has 0 saturated carbocycles. The predicted molar refractivity (Wildman–Crippen MR) is 113 cm³/mol. The molecule has 1 saturated heterocycles. The average molecular weight is 404 g/mol. The van der Waals surface area contributed by atoms with Crippen LogP contribution in [-0.4, -0.2) is 29.8 Å². The largest absolute Gasteiger partial charge is 0.497 e. The first kappa shape index (κ1) is 19.6. The smallest absolute Gasteiger partial charge is 0.263 e. The van der Waals surface area contributed by atoms with Gasteiger partial charge in [-0.2, -0.15) is 5.26 Å². The molecule has 0 radical (unpaired) electrons. The van der Waals surface area contributed by atoms with Gasteiger partial charge in [-0.15, -0.1) is 0 Å². The van der Waals surface area contributed by atoms with E-state index in [1.54, 1.807) is 44.5 Å². The molecular weight excluding hydrogens is 383 g/mol. The van der Waals surface area contributed by atoms with E-state index in [2.05, 4.69) is 6.92 Å². The number of hydrogen-bond donors (Lipinski definition) is 0. The van der Waals surface area contributed by atoms with Gasteiger partial charge in [-0.25, -0.2) is 9.37 Å². The molecule has 30 heavy (non-hydrogen) atoms. The van der Waals surface area contributed by atoms with Gasteiger partial charge in [0.05, 0.1) is 23.9 Å². The van der Waals surface area contributed by atoms with E-state index in [1.165, 1.54) is 16.7 Å². The second kappa shape index (κ2) is 7.64. The molecule has 0 N–H and O–H groups in total. The first-order valence-corrected chi connectivity index (χ1v) is 9.63. The van der Waals surface area contributed by atoms with Gasteiger partial charge in [0.15, 0.2) is 0 Å². The van der Waals surface area contributed by atoms with E-state index in [-0.39, 0.29) is 11.1 Å². The molecule has 2 heterocycles. The van der Waals surface area contributed by atoms with Crippen LogP contribution in [0.5, 0.6) is 5.75 Å². The highest BCUT2D eigenvalue weighted by Crippen LogP contribution is 2.32. The van der Waals surface area contributed by atoms with Crippen molar-refractivity contribution in [2.24, 2.45) is 13.0 Å². The third kappa shape index (κ3) is 3.30. The lowest BCUT2D eigenvalue weighted by atomic mass is 9.99. The number of halogens is 1. The first-order valence-electron chi connectivity index (χ1n) is 9.63. The maximum Gasteiger partial charge on any atom is 0.263 e. The lowest BCUT2D eigenvalue weighted by Gasteiger charge is -2.39. The van der Waals surface area contributed by atoms with Crippen molar-refractivity contribution < 1.29 is 9.13 Å². The molecular formula is C23H21FN4O2.